The molecule has 18 heavy (non-hydrogen) atoms. The van der Waals surface area contributed by atoms with Gasteiger partial charge in [-0.1, -0.05) is 0 Å². The maximum Gasteiger partial charge on any atom is 0.256 e. The molecular weight excluding hydrogens is 228 g/mol. The minimum Gasteiger partial charge on any atom is -0.466 e. The Morgan fingerprint density at radius 2 is 1.89 bits per heavy atom. The SMILES string of the molecule is Cc1oc(C)c(C(=O)NC2(C#N)CCCC2)c1C. The van der Waals surface area contributed by atoms with E-state index in [1.165, 1.54) is 0 Å². The van der Waals surface area contributed by atoms with Crippen LogP contribution in [0.4, 0.5) is 0 Å². The fourth-order valence-electron chi connectivity index (χ4n) is 2.65. The lowest BCUT2D eigenvalue weighted by molar-refractivity contribution is 0.0918. The van der Waals surface area contributed by atoms with Crippen LogP contribution in [0.5, 0.6) is 0 Å². The Kier molecular flexibility index (Phi) is 3.16. The predicted octanol–water partition coefficient (Wildman–Crippen LogP) is 2.77. The molecule has 1 aliphatic rings. The van der Waals surface area contributed by atoms with Crippen LogP contribution < -0.4 is 5.32 Å². The van der Waals surface area contributed by atoms with Crippen LogP contribution in [0.3, 0.4) is 0 Å². The summed E-state index contributed by atoms with van der Waals surface area (Å²) < 4.78 is 5.45. The lowest BCUT2D eigenvalue weighted by atomic mass is 9.98. The molecule has 1 heterocycles. The zero-order valence-corrected chi connectivity index (χ0v) is 11.1. The second-order valence-electron chi connectivity index (χ2n) is 5.07. The van der Waals surface area contributed by atoms with Crippen LogP contribution in [0.2, 0.25) is 0 Å². The van der Waals surface area contributed by atoms with E-state index in [2.05, 4.69) is 11.4 Å². The number of rotatable bonds is 2. The number of carbonyl (C=O) groups excluding carboxylic acids is 1. The smallest absolute Gasteiger partial charge is 0.256 e. The summed E-state index contributed by atoms with van der Waals surface area (Å²) in [6.07, 6.45) is 3.47. The van der Waals surface area contributed by atoms with E-state index in [0.29, 0.717) is 11.3 Å². The van der Waals surface area contributed by atoms with Crippen LogP contribution >= 0.6 is 0 Å². The molecule has 4 heteroatoms. The lowest BCUT2D eigenvalue weighted by Gasteiger charge is -2.21. The van der Waals surface area contributed by atoms with E-state index in [-0.39, 0.29) is 5.91 Å². The molecule has 1 fully saturated rings. The zero-order valence-electron chi connectivity index (χ0n) is 11.1. The molecule has 0 bridgehead atoms. The number of aryl methyl sites for hydroxylation is 2. The molecule has 0 atom stereocenters. The summed E-state index contributed by atoms with van der Waals surface area (Å²) in [5.74, 6) is 1.19. The van der Waals surface area contributed by atoms with Gasteiger partial charge in [-0.25, -0.2) is 0 Å². The van der Waals surface area contributed by atoms with Crippen LogP contribution in [0.15, 0.2) is 4.42 Å². The van der Waals surface area contributed by atoms with E-state index >= 15 is 0 Å². The van der Waals surface area contributed by atoms with Gasteiger partial charge >= 0.3 is 0 Å². The molecule has 1 aromatic rings. The fourth-order valence-corrected chi connectivity index (χ4v) is 2.65. The van der Waals surface area contributed by atoms with Gasteiger partial charge in [0.2, 0.25) is 0 Å². The van der Waals surface area contributed by atoms with Crippen molar-refractivity contribution >= 4 is 5.91 Å². The maximum absolute atomic E-state index is 12.3. The molecule has 1 N–H and O–H groups in total. The highest BCUT2D eigenvalue weighted by atomic mass is 16.3. The standard InChI is InChI=1S/C14H18N2O2/c1-9-10(2)18-11(3)12(9)13(17)16-14(8-15)6-4-5-7-14/h4-7H2,1-3H3,(H,16,17). The number of nitrogens with one attached hydrogen (secondary N) is 1. The van der Waals surface area contributed by atoms with Crippen molar-refractivity contribution in [3.63, 3.8) is 0 Å². The number of nitriles is 1. The van der Waals surface area contributed by atoms with Crippen molar-refractivity contribution in [3.05, 3.63) is 22.6 Å². The van der Waals surface area contributed by atoms with Crippen molar-refractivity contribution in [1.29, 1.82) is 5.26 Å². The molecule has 0 spiro atoms. The molecule has 1 aliphatic carbocycles. The molecule has 0 unspecified atom stereocenters. The van der Waals surface area contributed by atoms with Gasteiger partial charge in [0, 0.05) is 5.56 Å². The highest BCUT2D eigenvalue weighted by Gasteiger charge is 2.36. The van der Waals surface area contributed by atoms with Gasteiger partial charge in [0.25, 0.3) is 5.91 Å². The summed E-state index contributed by atoms with van der Waals surface area (Å²) in [6.45, 7) is 5.49. The molecule has 0 aliphatic heterocycles. The molecule has 4 nitrogen and oxygen atoms in total. The van der Waals surface area contributed by atoms with Gasteiger partial charge in [0.15, 0.2) is 0 Å². The lowest BCUT2D eigenvalue weighted by Crippen LogP contribution is -2.45. The Bertz CT molecular complexity index is 517. The second kappa shape index (κ2) is 4.49. The summed E-state index contributed by atoms with van der Waals surface area (Å²) in [4.78, 5) is 12.3. The van der Waals surface area contributed by atoms with Crippen LogP contribution in [0, 0.1) is 32.1 Å². The van der Waals surface area contributed by atoms with Gasteiger partial charge in [-0.05, 0) is 46.5 Å². The third kappa shape index (κ3) is 2.01. The molecule has 96 valence electrons. The van der Waals surface area contributed by atoms with Crippen molar-refractivity contribution in [3.8, 4) is 6.07 Å². The third-order valence-electron chi connectivity index (χ3n) is 3.81. The average Bonchev–Trinajstić information content (AvgIpc) is 2.86. The van der Waals surface area contributed by atoms with Crippen LogP contribution in [0.1, 0.15) is 53.1 Å². The Hall–Kier alpha value is -1.76. The topological polar surface area (TPSA) is 66.0 Å². The normalized spacial score (nSPS) is 17.4. The fraction of sp³-hybridized carbons (Fsp3) is 0.571. The van der Waals surface area contributed by atoms with Crippen molar-refractivity contribution in [2.45, 2.75) is 52.0 Å². The maximum atomic E-state index is 12.3. The molecular formula is C14H18N2O2. The number of hydrogen-bond donors (Lipinski definition) is 1. The Balaban J connectivity index is 2.25. The number of nitrogens with zero attached hydrogens (tertiary/aromatic N) is 1. The minimum absolute atomic E-state index is 0.190. The van der Waals surface area contributed by atoms with E-state index in [9.17, 15) is 10.1 Å². The third-order valence-corrected chi connectivity index (χ3v) is 3.81. The van der Waals surface area contributed by atoms with Gasteiger partial charge in [0.05, 0.1) is 11.6 Å². The van der Waals surface area contributed by atoms with Crippen molar-refractivity contribution in [2.75, 3.05) is 0 Å². The number of hydrogen-bond acceptors (Lipinski definition) is 3. The highest BCUT2D eigenvalue weighted by Crippen LogP contribution is 2.30. The summed E-state index contributed by atoms with van der Waals surface area (Å²) >= 11 is 0. The molecule has 1 aromatic heterocycles. The monoisotopic (exact) mass is 246 g/mol. The van der Waals surface area contributed by atoms with Gasteiger partial charge < -0.3 is 9.73 Å². The van der Waals surface area contributed by atoms with Crippen molar-refractivity contribution < 1.29 is 9.21 Å². The first kappa shape index (κ1) is 12.7. The average molecular weight is 246 g/mol. The Morgan fingerprint density at radius 1 is 1.28 bits per heavy atom. The van der Waals surface area contributed by atoms with Gasteiger partial charge in [0.1, 0.15) is 17.1 Å². The predicted molar refractivity (Wildman–Crippen MR) is 67.2 cm³/mol. The molecule has 0 saturated heterocycles. The molecule has 2 rings (SSSR count). The second-order valence-corrected chi connectivity index (χ2v) is 5.07. The molecule has 0 aromatic carbocycles. The van der Waals surface area contributed by atoms with Gasteiger partial charge in [-0.3, -0.25) is 4.79 Å². The summed E-state index contributed by atoms with van der Waals surface area (Å²) in [5.41, 5.74) is 0.756. The molecule has 0 radical (unpaired) electrons. The first-order chi connectivity index (χ1) is 8.49. The van der Waals surface area contributed by atoms with Gasteiger partial charge in [-0.15, -0.1) is 0 Å². The van der Waals surface area contributed by atoms with Crippen molar-refractivity contribution in [1.82, 2.24) is 5.32 Å². The number of carbonyl (C=O) groups is 1. The van der Waals surface area contributed by atoms with Crippen molar-refractivity contribution in [2.24, 2.45) is 0 Å². The summed E-state index contributed by atoms with van der Waals surface area (Å²) in [5, 5.41) is 12.2. The Labute approximate surface area is 107 Å². The zero-order chi connectivity index (χ0) is 13.3. The number of amides is 1. The first-order valence-corrected chi connectivity index (χ1v) is 6.29. The summed E-state index contributed by atoms with van der Waals surface area (Å²) in [7, 11) is 0. The van der Waals surface area contributed by atoms with Crippen LogP contribution in [0.25, 0.3) is 0 Å². The van der Waals surface area contributed by atoms with E-state index in [4.69, 9.17) is 4.42 Å². The van der Waals surface area contributed by atoms with E-state index in [1.54, 1.807) is 6.92 Å². The van der Waals surface area contributed by atoms with Gasteiger partial charge in [-0.2, -0.15) is 5.26 Å². The number of furan rings is 1. The van der Waals surface area contributed by atoms with E-state index in [1.807, 2.05) is 13.8 Å². The molecule has 1 amide bonds. The largest absolute Gasteiger partial charge is 0.466 e. The molecule has 1 saturated carbocycles. The summed E-state index contributed by atoms with van der Waals surface area (Å²) in [6, 6.07) is 2.26. The van der Waals surface area contributed by atoms with E-state index < -0.39 is 5.54 Å². The quantitative estimate of drug-likeness (QED) is 0.872. The first-order valence-electron chi connectivity index (χ1n) is 6.29. The minimum atomic E-state index is -0.679. The van der Waals surface area contributed by atoms with Crippen LogP contribution in [-0.2, 0) is 0 Å². The highest BCUT2D eigenvalue weighted by molar-refractivity contribution is 5.97. The Morgan fingerprint density at radius 3 is 2.33 bits per heavy atom. The van der Waals surface area contributed by atoms with E-state index in [0.717, 1.165) is 37.0 Å². The van der Waals surface area contributed by atoms with Crippen LogP contribution in [-0.4, -0.2) is 11.4 Å².